The van der Waals surface area contributed by atoms with E-state index in [-0.39, 0.29) is 5.41 Å². The molecular formula is C9H14O. The van der Waals surface area contributed by atoms with Crippen molar-refractivity contribution >= 4 is 0 Å². The molecule has 0 spiro atoms. The molecule has 0 bridgehead atoms. The van der Waals surface area contributed by atoms with E-state index in [0.717, 1.165) is 26.1 Å². The van der Waals surface area contributed by atoms with Gasteiger partial charge in [0.1, 0.15) is 0 Å². The minimum absolute atomic E-state index is 0.165. The molecule has 0 aromatic rings. The Balaban J connectivity index is 2.60. The third-order valence-corrected chi connectivity index (χ3v) is 2.24. The van der Waals surface area contributed by atoms with Gasteiger partial charge < -0.3 is 4.74 Å². The van der Waals surface area contributed by atoms with Crippen molar-refractivity contribution in [1.29, 1.82) is 0 Å². The van der Waals surface area contributed by atoms with Crippen molar-refractivity contribution in [2.24, 2.45) is 5.41 Å². The molecular weight excluding hydrogens is 124 g/mol. The molecule has 0 aromatic heterocycles. The second-order valence-corrected chi connectivity index (χ2v) is 2.75. The second-order valence-electron chi connectivity index (χ2n) is 2.75. The first kappa shape index (κ1) is 7.55. The van der Waals surface area contributed by atoms with Gasteiger partial charge in [0.15, 0.2) is 0 Å². The normalized spacial score (nSPS) is 23.6. The predicted octanol–water partition coefficient (Wildman–Crippen LogP) is 2.16. The lowest BCUT2D eigenvalue weighted by Gasteiger charge is -2.30. The molecule has 0 aliphatic carbocycles. The van der Waals surface area contributed by atoms with Crippen LogP contribution >= 0.6 is 0 Å². The molecule has 0 unspecified atom stereocenters. The van der Waals surface area contributed by atoms with Crippen LogP contribution in [0.3, 0.4) is 0 Å². The molecule has 0 radical (unpaired) electrons. The molecule has 1 aliphatic rings. The van der Waals surface area contributed by atoms with Crippen molar-refractivity contribution < 1.29 is 4.74 Å². The summed E-state index contributed by atoms with van der Waals surface area (Å²) in [7, 11) is 0. The second kappa shape index (κ2) is 3.02. The van der Waals surface area contributed by atoms with Gasteiger partial charge in [-0.2, -0.15) is 0 Å². The highest BCUT2D eigenvalue weighted by atomic mass is 16.5. The van der Waals surface area contributed by atoms with Gasteiger partial charge in [0.2, 0.25) is 0 Å². The summed E-state index contributed by atoms with van der Waals surface area (Å²) in [6.45, 7) is 9.29. The first-order valence-corrected chi connectivity index (χ1v) is 3.68. The highest BCUT2D eigenvalue weighted by Crippen LogP contribution is 2.32. The SMILES string of the molecule is C=CC1(C=C)CCOCC1. The van der Waals surface area contributed by atoms with Crippen LogP contribution in [0.5, 0.6) is 0 Å². The standard InChI is InChI=1S/C9H14O/c1-3-9(4-2)5-7-10-8-6-9/h3-4H,1-2,5-8H2. The fourth-order valence-corrected chi connectivity index (χ4v) is 1.24. The van der Waals surface area contributed by atoms with Crippen LogP contribution in [0, 0.1) is 5.41 Å². The first-order chi connectivity index (χ1) is 4.83. The van der Waals surface area contributed by atoms with Crippen LogP contribution in [0.25, 0.3) is 0 Å². The summed E-state index contributed by atoms with van der Waals surface area (Å²) >= 11 is 0. The molecule has 1 nitrogen and oxygen atoms in total. The molecule has 0 N–H and O–H groups in total. The fourth-order valence-electron chi connectivity index (χ4n) is 1.24. The molecule has 0 atom stereocenters. The maximum Gasteiger partial charge on any atom is 0.0477 e. The zero-order valence-corrected chi connectivity index (χ0v) is 6.31. The lowest BCUT2D eigenvalue weighted by atomic mass is 9.81. The zero-order valence-electron chi connectivity index (χ0n) is 6.31. The van der Waals surface area contributed by atoms with Gasteiger partial charge in [0, 0.05) is 18.6 Å². The minimum atomic E-state index is 0.165. The van der Waals surface area contributed by atoms with Crippen molar-refractivity contribution in [3.63, 3.8) is 0 Å². The third kappa shape index (κ3) is 1.29. The summed E-state index contributed by atoms with van der Waals surface area (Å²) < 4.78 is 5.23. The van der Waals surface area contributed by atoms with Gasteiger partial charge in [-0.25, -0.2) is 0 Å². The van der Waals surface area contributed by atoms with Crippen LogP contribution in [-0.2, 0) is 4.74 Å². The van der Waals surface area contributed by atoms with Crippen LogP contribution in [0.1, 0.15) is 12.8 Å². The molecule has 1 heteroatoms. The van der Waals surface area contributed by atoms with Crippen LogP contribution in [-0.4, -0.2) is 13.2 Å². The van der Waals surface area contributed by atoms with Gasteiger partial charge in [-0.05, 0) is 12.8 Å². The van der Waals surface area contributed by atoms with Gasteiger partial charge in [-0.15, -0.1) is 13.2 Å². The van der Waals surface area contributed by atoms with Gasteiger partial charge in [-0.3, -0.25) is 0 Å². The van der Waals surface area contributed by atoms with E-state index < -0.39 is 0 Å². The van der Waals surface area contributed by atoms with Crippen molar-refractivity contribution in [3.05, 3.63) is 25.3 Å². The van der Waals surface area contributed by atoms with Gasteiger partial charge >= 0.3 is 0 Å². The van der Waals surface area contributed by atoms with Gasteiger partial charge in [0.05, 0.1) is 0 Å². The Morgan fingerprint density at radius 2 is 1.60 bits per heavy atom. The highest BCUT2D eigenvalue weighted by molar-refractivity contribution is 5.07. The number of ether oxygens (including phenoxy) is 1. The summed E-state index contributed by atoms with van der Waals surface area (Å²) in [6.07, 6.45) is 6.06. The molecule has 0 saturated carbocycles. The molecule has 1 aliphatic heterocycles. The van der Waals surface area contributed by atoms with E-state index >= 15 is 0 Å². The number of rotatable bonds is 2. The summed E-state index contributed by atoms with van der Waals surface area (Å²) in [5.74, 6) is 0. The van der Waals surface area contributed by atoms with Crippen molar-refractivity contribution in [1.82, 2.24) is 0 Å². The Kier molecular flexibility index (Phi) is 2.28. The molecule has 0 aromatic carbocycles. The molecule has 1 fully saturated rings. The summed E-state index contributed by atoms with van der Waals surface area (Å²) in [5, 5.41) is 0. The van der Waals surface area contributed by atoms with Crippen LogP contribution < -0.4 is 0 Å². The molecule has 10 heavy (non-hydrogen) atoms. The predicted molar refractivity (Wildman–Crippen MR) is 42.9 cm³/mol. The van der Waals surface area contributed by atoms with Gasteiger partial charge in [0.25, 0.3) is 0 Å². The third-order valence-electron chi connectivity index (χ3n) is 2.24. The van der Waals surface area contributed by atoms with E-state index in [0.29, 0.717) is 0 Å². The first-order valence-electron chi connectivity index (χ1n) is 3.68. The summed E-state index contributed by atoms with van der Waals surface area (Å²) in [6, 6.07) is 0. The molecule has 1 rings (SSSR count). The van der Waals surface area contributed by atoms with Crippen molar-refractivity contribution in [2.75, 3.05) is 13.2 Å². The Morgan fingerprint density at radius 1 is 1.10 bits per heavy atom. The summed E-state index contributed by atoms with van der Waals surface area (Å²) in [5.41, 5.74) is 0.165. The van der Waals surface area contributed by atoms with E-state index in [2.05, 4.69) is 13.2 Å². The minimum Gasteiger partial charge on any atom is -0.381 e. The Bertz CT molecular complexity index is 122. The topological polar surface area (TPSA) is 9.23 Å². The largest absolute Gasteiger partial charge is 0.381 e. The number of allylic oxidation sites excluding steroid dienone is 2. The average molecular weight is 138 g/mol. The smallest absolute Gasteiger partial charge is 0.0477 e. The summed E-state index contributed by atoms with van der Waals surface area (Å²) in [4.78, 5) is 0. The van der Waals surface area contributed by atoms with Crippen molar-refractivity contribution in [3.8, 4) is 0 Å². The lowest BCUT2D eigenvalue weighted by molar-refractivity contribution is 0.0558. The van der Waals surface area contributed by atoms with E-state index in [1.807, 2.05) is 12.2 Å². The molecule has 1 saturated heterocycles. The van der Waals surface area contributed by atoms with E-state index in [1.54, 1.807) is 0 Å². The molecule has 1 heterocycles. The lowest BCUT2D eigenvalue weighted by Crippen LogP contribution is -2.24. The maximum absolute atomic E-state index is 5.23. The van der Waals surface area contributed by atoms with Gasteiger partial charge in [-0.1, -0.05) is 12.2 Å². The quantitative estimate of drug-likeness (QED) is 0.531. The monoisotopic (exact) mass is 138 g/mol. The van der Waals surface area contributed by atoms with Crippen LogP contribution in [0.2, 0.25) is 0 Å². The Labute approximate surface area is 62.4 Å². The maximum atomic E-state index is 5.23. The Hall–Kier alpha value is -0.560. The number of hydrogen-bond acceptors (Lipinski definition) is 1. The van der Waals surface area contributed by atoms with Crippen LogP contribution in [0.4, 0.5) is 0 Å². The number of hydrogen-bond donors (Lipinski definition) is 0. The fraction of sp³-hybridized carbons (Fsp3) is 0.556. The Morgan fingerprint density at radius 3 is 1.90 bits per heavy atom. The molecule has 56 valence electrons. The van der Waals surface area contributed by atoms with E-state index in [1.165, 1.54) is 0 Å². The van der Waals surface area contributed by atoms with E-state index in [9.17, 15) is 0 Å². The highest BCUT2D eigenvalue weighted by Gasteiger charge is 2.25. The van der Waals surface area contributed by atoms with Crippen LogP contribution in [0.15, 0.2) is 25.3 Å². The van der Waals surface area contributed by atoms with Crippen molar-refractivity contribution in [2.45, 2.75) is 12.8 Å². The van der Waals surface area contributed by atoms with E-state index in [4.69, 9.17) is 4.74 Å². The molecule has 0 amide bonds. The zero-order chi connectivity index (χ0) is 7.45. The average Bonchev–Trinajstić information content (AvgIpc) is 2.06.